The quantitative estimate of drug-likeness (QED) is 0.287. The van der Waals surface area contributed by atoms with Crippen LogP contribution < -0.4 is 15.4 Å². The van der Waals surface area contributed by atoms with E-state index < -0.39 is 0 Å². The van der Waals surface area contributed by atoms with Crippen molar-refractivity contribution in [1.29, 1.82) is 0 Å². The van der Waals surface area contributed by atoms with E-state index >= 15 is 0 Å². The van der Waals surface area contributed by atoms with E-state index in [1.807, 2.05) is 13.8 Å². The van der Waals surface area contributed by atoms with Crippen molar-refractivity contribution in [2.45, 2.75) is 20.4 Å². The van der Waals surface area contributed by atoms with Crippen LogP contribution in [0.25, 0.3) is 11.6 Å². The van der Waals surface area contributed by atoms with Crippen molar-refractivity contribution in [3.05, 3.63) is 57.3 Å². The number of carbonyl (C=O) groups excluding carboxylic acids is 2. The van der Waals surface area contributed by atoms with Gasteiger partial charge in [-0.2, -0.15) is 4.98 Å². The number of β-amino-alcohol motifs (C(OH)–C–C–N with tert-alkyl or cyclic N) is 1. The summed E-state index contributed by atoms with van der Waals surface area (Å²) in [5.74, 6) is 0.485. The lowest BCUT2D eigenvalue weighted by Gasteiger charge is -2.34. The molecule has 13 heteroatoms. The second-order valence-corrected chi connectivity index (χ2v) is 10.1. The summed E-state index contributed by atoms with van der Waals surface area (Å²) in [5, 5.41) is 9.20. The van der Waals surface area contributed by atoms with Crippen LogP contribution in [-0.2, 0) is 11.3 Å². The molecule has 210 valence electrons. The minimum Gasteiger partial charge on any atom is -0.496 e. The summed E-state index contributed by atoms with van der Waals surface area (Å²) in [6.45, 7) is 7.17. The molecule has 0 aliphatic carbocycles. The van der Waals surface area contributed by atoms with Gasteiger partial charge in [0.2, 0.25) is 5.95 Å². The number of pyridine rings is 1. The predicted octanol–water partition coefficient (Wildman–Crippen LogP) is 1.90. The van der Waals surface area contributed by atoms with Crippen LogP contribution in [0.1, 0.15) is 38.4 Å². The summed E-state index contributed by atoms with van der Waals surface area (Å²) in [7, 11) is 1.59. The molecule has 0 unspecified atom stereocenters. The monoisotopic (exact) mass is 566 g/mol. The molecular weight excluding hydrogens is 536 g/mol. The molecule has 0 atom stereocenters. The van der Waals surface area contributed by atoms with E-state index in [1.54, 1.807) is 36.5 Å². The predicted molar refractivity (Wildman–Crippen MR) is 151 cm³/mol. The number of amides is 2. The molecule has 1 fully saturated rings. The average molecular weight is 567 g/mol. The number of piperazine rings is 1. The first-order chi connectivity index (χ1) is 19.2. The van der Waals surface area contributed by atoms with Crippen LogP contribution in [0.5, 0.6) is 5.75 Å². The molecule has 0 saturated carbocycles. The number of halogens is 1. The van der Waals surface area contributed by atoms with E-state index in [0.29, 0.717) is 61.0 Å². The molecule has 0 bridgehead atoms. The number of aliphatic hydroxyl groups is 1. The molecule has 1 saturated heterocycles. The molecule has 2 aliphatic heterocycles. The van der Waals surface area contributed by atoms with Gasteiger partial charge in [-0.1, -0.05) is 11.6 Å². The van der Waals surface area contributed by atoms with Gasteiger partial charge in [0.1, 0.15) is 10.9 Å². The molecule has 0 spiro atoms. The van der Waals surface area contributed by atoms with Crippen LogP contribution in [0.15, 0.2) is 18.5 Å². The van der Waals surface area contributed by atoms with Gasteiger partial charge in [0.05, 0.1) is 42.7 Å². The Kier molecular flexibility index (Phi) is 7.74. The van der Waals surface area contributed by atoms with Gasteiger partial charge in [0.15, 0.2) is 5.82 Å². The molecule has 2 aliphatic rings. The summed E-state index contributed by atoms with van der Waals surface area (Å²) in [6, 6.07) is 1.70. The summed E-state index contributed by atoms with van der Waals surface area (Å²) in [6.07, 6.45) is 4.96. The normalized spacial score (nSPS) is 16.6. The van der Waals surface area contributed by atoms with Crippen LogP contribution in [0.3, 0.4) is 0 Å². The van der Waals surface area contributed by atoms with Gasteiger partial charge in [-0.25, -0.2) is 4.98 Å². The van der Waals surface area contributed by atoms with Crippen molar-refractivity contribution in [1.82, 2.24) is 29.7 Å². The minimum atomic E-state index is -0.347. The molecule has 12 nitrogen and oxygen atoms in total. The number of methoxy groups -OCH3 is 1. The van der Waals surface area contributed by atoms with Crippen LogP contribution in [0.2, 0.25) is 5.15 Å². The number of anilines is 2. The molecule has 5 heterocycles. The van der Waals surface area contributed by atoms with E-state index in [0.717, 1.165) is 11.1 Å². The van der Waals surface area contributed by atoms with Crippen molar-refractivity contribution >= 4 is 46.8 Å². The molecule has 2 amide bonds. The van der Waals surface area contributed by atoms with Crippen molar-refractivity contribution in [3.63, 3.8) is 0 Å². The van der Waals surface area contributed by atoms with Gasteiger partial charge >= 0.3 is 0 Å². The number of rotatable bonds is 7. The molecular formula is C27H31ClN8O4. The highest BCUT2D eigenvalue weighted by atomic mass is 35.5. The second kappa shape index (κ2) is 11.2. The Bertz CT molecular complexity index is 1500. The highest BCUT2D eigenvalue weighted by Crippen LogP contribution is 2.41. The number of aliphatic hydroxyl groups excluding tert-OH is 1. The van der Waals surface area contributed by atoms with Crippen LogP contribution in [0, 0.1) is 13.8 Å². The smallest absolute Gasteiger partial charge is 0.260 e. The van der Waals surface area contributed by atoms with Crippen molar-refractivity contribution < 1.29 is 19.4 Å². The number of aromatic amines is 1. The number of ether oxygens (including phenoxy) is 1. The SMILES string of the molecule is COc1c(C)cnc(CN2C(=O)/C(=C/c3cc(C(=O)N4CCN(CCO)CC4)c[nH]3)c3c(Cl)nc(N)nc32)c1C. The molecule has 3 aromatic rings. The Labute approximate surface area is 236 Å². The highest BCUT2D eigenvalue weighted by Gasteiger charge is 2.37. The fraction of sp³-hybridized carbons (Fsp3) is 0.370. The first-order valence-corrected chi connectivity index (χ1v) is 13.3. The Balaban J connectivity index is 1.43. The lowest BCUT2D eigenvalue weighted by Crippen LogP contribution is -2.49. The van der Waals surface area contributed by atoms with E-state index in [4.69, 9.17) is 27.2 Å². The number of hydrogen-bond donors (Lipinski definition) is 3. The van der Waals surface area contributed by atoms with Crippen LogP contribution >= 0.6 is 11.6 Å². The highest BCUT2D eigenvalue weighted by molar-refractivity contribution is 6.41. The first-order valence-electron chi connectivity index (χ1n) is 12.9. The van der Waals surface area contributed by atoms with Gasteiger partial charge < -0.3 is 25.5 Å². The summed E-state index contributed by atoms with van der Waals surface area (Å²) >= 11 is 6.48. The third-order valence-electron chi connectivity index (χ3n) is 7.25. The maximum Gasteiger partial charge on any atom is 0.260 e. The number of nitrogen functional groups attached to an aromatic ring is 1. The number of H-pyrrole nitrogens is 1. The number of hydrogen-bond acceptors (Lipinski definition) is 9. The van der Waals surface area contributed by atoms with E-state index in [2.05, 4.69) is 24.8 Å². The first kappa shape index (κ1) is 27.6. The molecule has 40 heavy (non-hydrogen) atoms. The lowest BCUT2D eigenvalue weighted by atomic mass is 10.1. The van der Waals surface area contributed by atoms with Gasteiger partial charge in [-0.3, -0.25) is 24.4 Å². The largest absolute Gasteiger partial charge is 0.496 e. The zero-order valence-electron chi connectivity index (χ0n) is 22.6. The molecule has 0 aromatic carbocycles. The van der Waals surface area contributed by atoms with E-state index in [1.165, 1.54) is 4.90 Å². The molecule has 5 rings (SSSR count). The number of carbonyl (C=O) groups is 2. The summed E-state index contributed by atoms with van der Waals surface area (Å²) < 4.78 is 5.53. The average Bonchev–Trinajstić information content (AvgIpc) is 3.49. The molecule has 0 radical (unpaired) electrons. The molecule has 4 N–H and O–H groups in total. The summed E-state index contributed by atoms with van der Waals surface area (Å²) in [5.41, 5.74) is 9.91. The van der Waals surface area contributed by atoms with Gasteiger partial charge in [0.25, 0.3) is 11.8 Å². The Morgan fingerprint density at radius 3 is 2.70 bits per heavy atom. The number of fused-ring (bicyclic) bond motifs is 1. The van der Waals surface area contributed by atoms with Crippen LogP contribution in [0.4, 0.5) is 11.8 Å². The van der Waals surface area contributed by atoms with Crippen LogP contribution in [-0.4, -0.2) is 93.1 Å². The van der Waals surface area contributed by atoms with E-state index in [-0.39, 0.29) is 47.5 Å². The topological polar surface area (TPSA) is 154 Å². The van der Waals surface area contributed by atoms with Gasteiger partial charge in [0, 0.05) is 61.9 Å². The Morgan fingerprint density at radius 2 is 2.00 bits per heavy atom. The van der Waals surface area contributed by atoms with Crippen molar-refractivity contribution in [2.24, 2.45) is 0 Å². The zero-order chi connectivity index (χ0) is 28.6. The maximum absolute atomic E-state index is 13.8. The Morgan fingerprint density at radius 1 is 1.25 bits per heavy atom. The van der Waals surface area contributed by atoms with Crippen molar-refractivity contribution in [3.8, 4) is 5.75 Å². The van der Waals surface area contributed by atoms with Crippen molar-refractivity contribution in [2.75, 3.05) is 57.1 Å². The summed E-state index contributed by atoms with van der Waals surface area (Å²) in [4.78, 5) is 48.2. The number of aromatic nitrogens is 4. The van der Waals surface area contributed by atoms with E-state index in [9.17, 15) is 9.59 Å². The number of nitrogens with one attached hydrogen (secondary N) is 1. The fourth-order valence-corrected chi connectivity index (χ4v) is 5.42. The number of aryl methyl sites for hydroxylation is 1. The molecule has 3 aromatic heterocycles. The fourth-order valence-electron chi connectivity index (χ4n) is 5.15. The van der Waals surface area contributed by atoms with Gasteiger partial charge in [-0.05, 0) is 26.0 Å². The number of nitrogens with zero attached hydrogens (tertiary/aromatic N) is 6. The van der Waals surface area contributed by atoms with Gasteiger partial charge in [-0.15, -0.1) is 0 Å². The zero-order valence-corrected chi connectivity index (χ0v) is 23.3. The second-order valence-electron chi connectivity index (χ2n) is 9.77. The Hall–Kier alpha value is -4.00. The third kappa shape index (κ3) is 5.12. The third-order valence-corrected chi connectivity index (χ3v) is 7.52. The standard InChI is InChI=1S/C27H31ClN8O4/c1-15-12-31-20(16(2)22(15)40-3)14-36-24-21(23(28)32-27(29)33-24)19(26(36)39)11-18-10-17(13-30-18)25(38)35-6-4-34(5-7-35)8-9-37/h10-13,30,37H,4-9,14H2,1-3H3,(H2,29,32,33)/b19-11+. The number of nitrogens with two attached hydrogens (primary N) is 1. The minimum absolute atomic E-state index is 0.0548. The lowest BCUT2D eigenvalue weighted by molar-refractivity contribution is -0.113. The maximum atomic E-state index is 13.8.